The fourth-order valence-corrected chi connectivity index (χ4v) is 2.96. The number of rotatable bonds is 4. The Morgan fingerprint density at radius 1 is 1.32 bits per heavy atom. The van der Waals surface area contributed by atoms with E-state index in [-0.39, 0.29) is 5.92 Å². The quantitative estimate of drug-likeness (QED) is 0.684. The van der Waals surface area contributed by atoms with Crippen molar-refractivity contribution in [1.29, 1.82) is 0 Å². The molecule has 3 unspecified atom stereocenters. The third-order valence-corrected chi connectivity index (χ3v) is 4.00. The van der Waals surface area contributed by atoms with Gasteiger partial charge in [-0.2, -0.15) is 0 Å². The van der Waals surface area contributed by atoms with Crippen LogP contribution < -0.4 is 5.73 Å². The zero-order chi connectivity index (χ0) is 16.2. The van der Waals surface area contributed by atoms with Crippen LogP contribution in [0.5, 0.6) is 0 Å². The average Bonchev–Trinajstić information content (AvgIpc) is 2.49. The van der Waals surface area contributed by atoms with Crippen molar-refractivity contribution >= 4 is 12.1 Å². The first-order chi connectivity index (χ1) is 10.5. The van der Waals surface area contributed by atoms with Crippen LogP contribution in [0.1, 0.15) is 18.9 Å². The molecule has 2 N–H and O–H groups in total. The van der Waals surface area contributed by atoms with E-state index in [2.05, 4.69) is 0 Å². The molecule has 0 bridgehead atoms. The van der Waals surface area contributed by atoms with Crippen LogP contribution in [0.3, 0.4) is 0 Å². The van der Waals surface area contributed by atoms with E-state index in [1.54, 1.807) is 6.08 Å². The molecule has 0 aliphatic heterocycles. The molecule has 1 amide bonds. The zero-order valence-electron chi connectivity index (χ0n) is 12.8. The van der Waals surface area contributed by atoms with Crippen molar-refractivity contribution in [2.75, 3.05) is 7.11 Å². The van der Waals surface area contributed by atoms with Gasteiger partial charge < -0.3 is 15.2 Å². The highest BCUT2D eigenvalue weighted by Gasteiger charge is 2.47. The normalized spacial score (nSPS) is 27.2. The van der Waals surface area contributed by atoms with Crippen LogP contribution in [0.15, 0.2) is 42.5 Å². The van der Waals surface area contributed by atoms with Crippen molar-refractivity contribution in [1.82, 2.24) is 0 Å². The van der Waals surface area contributed by atoms with Gasteiger partial charge in [0.15, 0.2) is 0 Å². The van der Waals surface area contributed by atoms with Gasteiger partial charge in [-0.1, -0.05) is 43.3 Å². The van der Waals surface area contributed by atoms with Crippen LogP contribution in [0.4, 0.5) is 4.79 Å². The second-order valence-electron chi connectivity index (χ2n) is 5.69. The molecular formula is C17H21NO4. The topological polar surface area (TPSA) is 78.6 Å². The van der Waals surface area contributed by atoms with E-state index in [0.29, 0.717) is 12.8 Å². The van der Waals surface area contributed by atoms with E-state index in [9.17, 15) is 9.59 Å². The lowest BCUT2D eigenvalue weighted by Crippen LogP contribution is -2.50. The molecular weight excluding hydrogens is 282 g/mol. The van der Waals surface area contributed by atoms with Crippen molar-refractivity contribution < 1.29 is 19.1 Å². The summed E-state index contributed by atoms with van der Waals surface area (Å²) in [5, 5.41) is 0. The van der Waals surface area contributed by atoms with Gasteiger partial charge in [0.25, 0.3) is 0 Å². The average molecular weight is 303 g/mol. The second kappa shape index (κ2) is 6.64. The van der Waals surface area contributed by atoms with Gasteiger partial charge in [-0.15, -0.1) is 0 Å². The molecule has 1 aliphatic rings. The highest BCUT2D eigenvalue weighted by molar-refractivity contribution is 5.76. The predicted octanol–water partition coefficient (Wildman–Crippen LogP) is 2.45. The Hall–Kier alpha value is -2.30. The highest BCUT2D eigenvalue weighted by atomic mass is 16.6. The molecule has 0 aromatic heterocycles. The first-order valence-electron chi connectivity index (χ1n) is 7.26. The fraction of sp³-hybridized carbons (Fsp3) is 0.412. The molecule has 0 fully saturated rings. The molecule has 0 radical (unpaired) electrons. The van der Waals surface area contributed by atoms with Crippen molar-refractivity contribution in [3.05, 3.63) is 48.0 Å². The predicted molar refractivity (Wildman–Crippen MR) is 82.0 cm³/mol. The van der Waals surface area contributed by atoms with Crippen LogP contribution in [-0.4, -0.2) is 24.8 Å². The maximum absolute atomic E-state index is 12.2. The van der Waals surface area contributed by atoms with Gasteiger partial charge in [-0.05, 0) is 24.0 Å². The summed E-state index contributed by atoms with van der Waals surface area (Å²) < 4.78 is 10.3. The minimum Gasteiger partial charge on any atom is -0.469 e. The van der Waals surface area contributed by atoms with E-state index in [4.69, 9.17) is 15.2 Å². The summed E-state index contributed by atoms with van der Waals surface area (Å²) in [4.78, 5) is 23.6. The summed E-state index contributed by atoms with van der Waals surface area (Å²) in [6.45, 7) is 2.00. The summed E-state index contributed by atoms with van der Waals surface area (Å²) in [7, 11) is 1.34. The Morgan fingerprint density at radius 3 is 2.59 bits per heavy atom. The molecule has 118 valence electrons. The summed E-state index contributed by atoms with van der Waals surface area (Å²) in [5.41, 5.74) is 5.10. The number of benzene rings is 1. The van der Waals surface area contributed by atoms with E-state index >= 15 is 0 Å². The molecule has 0 spiro atoms. The lowest BCUT2D eigenvalue weighted by Gasteiger charge is -2.39. The Morgan fingerprint density at radius 2 is 2.00 bits per heavy atom. The fourth-order valence-electron chi connectivity index (χ4n) is 2.96. The monoisotopic (exact) mass is 303 g/mol. The number of carbonyl (C=O) groups excluding carboxylic acids is 2. The van der Waals surface area contributed by atoms with E-state index in [0.717, 1.165) is 5.56 Å². The second-order valence-corrected chi connectivity index (χ2v) is 5.69. The summed E-state index contributed by atoms with van der Waals surface area (Å²) in [6, 6.07) is 9.55. The van der Waals surface area contributed by atoms with E-state index < -0.39 is 23.6 Å². The Kier molecular flexibility index (Phi) is 4.85. The molecule has 1 aliphatic carbocycles. The SMILES string of the molecule is COC(=O)C1CC(C)C=CC1(Cc1ccccc1)OC(N)=O. The number of hydrogen-bond donors (Lipinski definition) is 1. The maximum atomic E-state index is 12.2. The molecule has 0 saturated carbocycles. The Bertz CT molecular complexity index is 569. The van der Waals surface area contributed by atoms with Crippen LogP contribution in [0.25, 0.3) is 0 Å². The minimum atomic E-state index is -1.10. The van der Waals surface area contributed by atoms with Crippen molar-refractivity contribution in [3.8, 4) is 0 Å². The van der Waals surface area contributed by atoms with Gasteiger partial charge in [0.05, 0.1) is 7.11 Å². The van der Waals surface area contributed by atoms with Gasteiger partial charge >= 0.3 is 12.1 Å². The number of carbonyl (C=O) groups is 2. The summed E-state index contributed by atoms with van der Waals surface area (Å²) in [6.07, 6.45) is 3.75. The third-order valence-electron chi connectivity index (χ3n) is 4.00. The number of esters is 1. The number of allylic oxidation sites excluding steroid dienone is 1. The van der Waals surface area contributed by atoms with Gasteiger partial charge in [0.1, 0.15) is 11.5 Å². The molecule has 0 heterocycles. The molecule has 5 heteroatoms. The summed E-state index contributed by atoms with van der Waals surface area (Å²) >= 11 is 0. The number of amides is 1. The number of methoxy groups -OCH3 is 1. The van der Waals surface area contributed by atoms with E-state index in [1.807, 2.05) is 43.3 Å². The molecule has 0 saturated heterocycles. The zero-order valence-corrected chi connectivity index (χ0v) is 12.8. The number of ether oxygens (including phenoxy) is 2. The standard InChI is InChI=1S/C17H21NO4/c1-12-8-9-17(22-16(18)20,14(10-12)15(19)21-2)11-13-6-4-3-5-7-13/h3-9,12,14H,10-11H2,1-2H3,(H2,18,20). The maximum Gasteiger partial charge on any atom is 0.405 e. The minimum absolute atomic E-state index is 0.199. The largest absolute Gasteiger partial charge is 0.469 e. The third kappa shape index (κ3) is 3.47. The smallest absolute Gasteiger partial charge is 0.405 e. The van der Waals surface area contributed by atoms with Crippen LogP contribution >= 0.6 is 0 Å². The van der Waals surface area contributed by atoms with Crippen molar-refractivity contribution in [3.63, 3.8) is 0 Å². The molecule has 1 aromatic rings. The van der Waals surface area contributed by atoms with Crippen molar-refractivity contribution in [2.24, 2.45) is 17.6 Å². The first kappa shape index (κ1) is 16.1. The van der Waals surface area contributed by atoms with Crippen LogP contribution in [0.2, 0.25) is 0 Å². The van der Waals surface area contributed by atoms with Gasteiger partial charge in [0.2, 0.25) is 0 Å². The van der Waals surface area contributed by atoms with Gasteiger partial charge in [-0.25, -0.2) is 4.79 Å². The van der Waals surface area contributed by atoms with Gasteiger partial charge in [0, 0.05) is 6.42 Å². The number of hydrogen-bond acceptors (Lipinski definition) is 4. The number of nitrogens with two attached hydrogens (primary N) is 1. The molecule has 1 aromatic carbocycles. The van der Waals surface area contributed by atoms with Crippen molar-refractivity contribution in [2.45, 2.75) is 25.4 Å². The van der Waals surface area contributed by atoms with Crippen LogP contribution in [0, 0.1) is 11.8 Å². The van der Waals surface area contributed by atoms with Gasteiger partial charge in [-0.3, -0.25) is 4.79 Å². The molecule has 22 heavy (non-hydrogen) atoms. The van der Waals surface area contributed by atoms with E-state index in [1.165, 1.54) is 7.11 Å². The Labute approximate surface area is 130 Å². The lowest BCUT2D eigenvalue weighted by molar-refractivity contribution is -0.154. The van der Waals surface area contributed by atoms with Crippen LogP contribution in [-0.2, 0) is 20.7 Å². The molecule has 3 atom stereocenters. The molecule has 2 rings (SSSR count). The summed E-state index contributed by atoms with van der Waals surface area (Å²) in [5.74, 6) is -0.775. The first-order valence-corrected chi connectivity index (χ1v) is 7.26. The molecule has 5 nitrogen and oxygen atoms in total. The Balaban J connectivity index is 2.42. The lowest BCUT2D eigenvalue weighted by atomic mass is 9.73. The number of primary amides is 1. The highest BCUT2D eigenvalue weighted by Crippen LogP contribution is 2.38.